The Balaban J connectivity index is 2.35. The van der Waals surface area contributed by atoms with Crippen LogP contribution in [0.5, 0.6) is 5.75 Å². The van der Waals surface area contributed by atoms with E-state index in [1.165, 1.54) is 58.9 Å². The third kappa shape index (κ3) is 21.2. The van der Waals surface area contributed by atoms with Crippen molar-refractivity contribution >= 4 is 65.2 Å². The van der Waals surface area contributed by atoms with Crippen molar-refractivity contribution < 1.29 is 78.3 Å². The lowest BCUT2D eigenvalue weighted by molar-refractivity contribution is -0.145. The molecule has 2 aromatic carbocycles. The molecule has 0 saturated heterocycles. The molecule has 0 saturated carbocycles. The Morgan fingerprint density at radius 2 is 0.878 bits per heavy atom. The van der Waals surface area contributed by atoms with Crippen molar-refractivity contribution in [2.24, 2.45) is 23.5 Å². The molecule has 15 N–H and O–H groups in total. The summed E-state index contributed by atoms with van der Waals surface area (Å²) < 4.78 is 0. The molecule has 0 radical (unpaired) electrons. The van der Waals surface area contributed by atoms with Crippen LogP contribution in [0, 0.1) is 17.8 Å². The highest BCUT2D eigenvalue weighted by Gasteiger charge is 2.37. The molecule has 0 spiro atoms. The van der Waals surface area contributed by atoms with Gasteiger partial charge < -0.3 is 73.8 Å². The van der Waals surface area contributed by atoms with Crippen molar-refractivity contribution in [3.63, 3.8) is 0 Å². The van der Waals surface area contributed by atoms with Gasteiger partial charge in [0.05, 0.1) is 25.0 Å². The van der Waals surface area contributed by atoms with Gasteiger partial charge in [-0.15, -0.1) is 0 Å². The van der Waals surface area contributed by atoms with Gasteiger partial charge in [-0.05, 0) is 67.7 Å². The molecule has 8 amide bonds. The van der Waals surface area contributed by atoms with E-state index in [1.807, 2.05) is 0 Å². The third-order valence-electron chi connectivity index (χ3n) is 11.3. The number of phenols is 1. The van der Waals surface area contributed by atoms with Crippen molar-refractivity contribution in [3.05, 3.63) is 65.7 Å². The van der Waals surface area contributed by atoms with E-state index in [1.54, 1.807) is 44.2 Å². The summed E-state index contributed by atoms with van der Waals surface area (Å²) in [6.07, 6.45) is -3.84. The Labute approximate surface area is 427 Å². The first-order valence-electron chi connectivity index (χ1n) is 23.9. The van der Waals surface area contributed by atoms with Crippen molar-refractivity contribution in [2.45, 2.75) is 148 Å². The summed E-state index contributed by atoms with van der Waals surface area (Å²) >= 11 is 0. The number of carbonyl (C=O) groups is 11. The first-order valence-corrected chi connectivity index (χ1v) is 23.9. The molecular weight excluding hydrogens is 971 g/mol. The summed E-state index contributed by atoms with van der Waals surface area (Å²) in [5, 5.41) is 68.0. The molecule has 25 heteroatoms. The molecule has 0 aliphatic carbocycles. The minimum Gasteiger partial charge on any atom is -0.508 e. The van der Waals surface area contributed by atoms with Crippen LogP contribution < -0.4 is 48.3 Å². The van der Waals surface area contributed by atoms with Gasteiger partial charge in [-0.2, -0.15) is 0 Å². The maximum Gasteiger partial charge on any atom is 0.326 e. The number of hydrogen-bond acceptors (Lipinski definition) is 14. The largest absolute Gasteiger partial charge is 0.508 e. The standard InChI is InChI=1S/C49H71N9O16/c1-23(2)18-32(53-42(66)31(50)19-28-12-10-9-11-13-28)43(67)51-26(7)41(65)52-34(21-36(61)62)45(69)56-38(24(3)4)47(71)55-33(20-29-14-16-30(60)17-15-29)44(68)54-35(22-37(63)64)46(70)58-40(27(8)59)48(72)57-39(25(5)6)49(73)74/h9-17,23-27,31-35,38-40,59-60H,18-22,50H2,1-8H3,(H,51,67)(H,52,65)(H,53,66)(H,54,68)(H,55,71)(H,56,69)(H,57,72)(H,58,70)(H,61,62)(H,63,64)(H,73,74)/t26-,27+,31-,32-,33-,34-,35-,38-,39-,40-/m0/s1. The number of aliphatic carboxylic acids is 3. The zero-order chi connectivity index (χ0) is 56.1. The number of benzene rings is 2. The van der Waals surface area contributed by atoms with Crippen LogP contribution in [0.1, 0.15) is 85.8 Å². The van der Waals surface area contributed by atoms with E-state index in [-0.39, 0.29) is 30.9 Å². The van der Waals surface area contributed by atoms with Crippen molar-refractivity contribution in [3.8, 4) is 5.75 Å². The molecule has 0 fully saturated rings. The maximum atomic E-state index is 14.1. The molecule has 0 aliphatic rings. The van der Waals surface area contributed by atoms with Gasteiger partial charge in [0.25, 0.3) is 0 Å². The normalized spacial score (nSPS) is 15.3. The van der Waals surface area contributed by atoms with Crippen LogP contribution in [-0.2, 0) is 65.6 Å². The average molecular weight is 1040 g/mol. The topological polar surface area (TPSA) is 411 Å². The number of aliphatic hydroxyl groups is 1. The number of nitrogens with one attached hydrogen (secondary N) is 8. The van der Waals surface area contributed by atoms with E-state index in [9.17, 15) is 78.3 Å². The van der Waals surface area contributed by atoms with E-state index < -0.39 is 150 Å². The second-order valence-electron chi connectivity index (χ2n) is 19.0. The van der Waals surface area contributed by atoms with Crippen LogP contribution in [0.4, 0.5) is 0 Å². The zero-order valence-electron chi connectivity index (χ0n) is 42.5. The fraction of sp³-hybridized carbons (Fsp3) is 0.531. The van der Waals surface area contributed by atoms with Crippen LogP contribution in [-0.4, -0.2) is 151 Å². The van der Waals surface area contributed by atoms with Crippen LogP contribution in [0.2, 0.25) is 0 Å². The highest BCUT2D eigenvalue weighted by atomic mass is 16.4. The zero-order valence-corrected chi connectivity index (χ0v) is 42.5. The van der Waals surface area contributed by atoms with Gasteiger partial charge in [0.15, 0.2) is 0 Å². The predicted molar refractivity (Wildman–Crippen MR) is 264 cm³/mol. The number of carboxylic acids is 3. The summed E-state index contributed by atoms with van der Waals surface area (Å²) in [6, 6.07) is 0.266. The fourth-order valence-corrected chi connectivity index (χ4v) is 7.20. The first kappa shape index (κ1) is 62.4. The molecule has 0 aromatic heterocycles. The minimum absolute atomic E-state index is 0.115. The monoisotopic (exact) mass is 1040 g/mol. The molecule has 10 atom stereocenters. The molecule has 0 unspecified atom stereocenters. The lowest BCUT2D eigenvalue weighted by atomic mass is 9.99. The molecule has 0 aliphatic heterocycles. The number of carboxylic acid groups (broad SMARTS) is 3. The van der Waals surface area contributed by atoms with Gasteiger partial charge in [-0.3, -0.25) is 47.9 Å². The van der Waals surface area contributed by atoms with E-state index in [0.717, 1.165) is 12.5 Å². The van der Waals surface area contributed by atoms with E-state index in [2.05, 4.69) is 42.5 Å². The molecular formula is C49H71N9O16. The van der Waals surface area contributed by atoms with Gasteiger partial charge in [-0.25, -0.2) is 4.79 Å². The van der Waals surface area contributed by atoms with Gasteiger partial charge >= 0.3 is 17.9 Å². The van der Waals surface area contributed by atoms with E-state index >= 15 is 0 Å². The van der Waals surface area contributed by atoms with Gasteiger partial charge in [0, 0.05) is 6.42 Å². The van der Waals surface area contributed by atoms with Crippen LogP contribution in [0.25, 0.3) is 0 Å². The smallest absolute Gasteiger partial charge is 0.326 e. The number of nitrogens with two attached hydrogens (primary N) is 1. The Kier molecular flexibility index (Phi) is 25.1. The fourth-order valence-electron chi connectivity index (χ4n) is 7.20. The SMILES string of the molecule is CC(C)C[C@H](NC(=O)[C@@H](N)Cc1ccccc1)C(=O)N[C@@H](C)C(=O)N[C@@H](CC(=O)O)C(=O)N[C@H](C(=O)N[C@@H](Cc1ccc(O)cc1)C(=O)N[C@@H](CC(=O)O)C(=O)N[C@H](C(=O)N[C@H](C(=O)O)C(C)C)[C@@H](C)O)C(C)C. The number of aromatic hydroxyl groups is 1. The number of aliphatic hydroxyl groups excluding tert-OH is 1. The lowest BCUT2D eigenvalue weighted by Crippen LogP contribution is -2.62. The highest BCUT2D eigenvalue weighted by Crippen LogP contribution is 2.14. The van der Waals surface area contributed by atoms with Crippen molar-refractivity contribution in [1.29, 1.82) is 0 Å². The Morgan fingerprint density at radius 3 is 1.35 bits per heavy atom. The molecule has 408 valence electrons. The number of amides is 8. The molecule has 0 bridgehead atoms. The van der Waals surface area contributed by atoms with Crippen molar-refractivity contribution in [2.75, 3.05) is 0 Å². The Bertz CT molecular complexity index is 2290. The van der Waals surface area contributed by atoms with Gasteiger partial charge in [0.2, 0.25) is 47.3 Å². The van der Waals surface area contributed by atoms with Crippen molar-refractivity contribution in [1.82, 2.24) is 42.5 Å². The number of carbonyl (C=O) groups excluding carboxylic acids is 8. The third-order valence-corrected chi connectivity index (χ3v) is 11.3. The van der Waals surface area contributed by atoms with E-state index in [4.69, 9.17) is 5.73 Å². The molecule has 2 rings (SSSR count). The quantitative estimate of drug-likeness (QED) is 0.0409. The Hall–Kier alpha value is -7.67. The molecule has 0 heterocycles. The molecule has 25 nitrogen and oxygen atoms in total. The first-order chi connectivity index (χ1) is 34.5. The number of rotatable bonds is 30. The second kappa shape index (κ2) is 29.7. The van der Waals surface area contributed by atoms with Gasteiger partial charge in [0.1, 0.15) is 54.1 Å². The maximum absolute atomic E-state index is 14.1. The summed E-state index contributed by atoms with van der Waals surface area (Å²) in [4.78, 5) is 144. The Morgan fingerprint density at radius 1 is 0.459 bits per heavy atom. The molecule has 2 aromatic rings. The summed E-state index contributed by atoms with van der Waals surface area (Å²) in [5.74, 6) is -14.6. The summed E-state index contributed by atoms with van der Waals surface area (Å²) in [7, 11) is 0. The molecule has 74 heavy (non-hydrogen) atoms. The number of phenolic OH excluding ortho intramolecular Hbond substituents is 1. The van der Waals surface area contributed by atoms with Crippen LogP contribution >= 0.6 is 0 Å². The van der Waals surface area contributed by atoms with Gasteiger partial charge in [-0.1, -0.05) is 84.0 Å². The number of hydrogen-bond donors (Lipinski definition) is 14. The summed E-state index contributed by atoms with van der Waals surface area (Å²) in [5.41, 5.74) is 7.23. The highest BCUT2D eigenvalue weighted by molar-refractivity contribution is 5.99. The summed E-state index contributed by atoms with van der Waals surface area (Å²) in [6.45, 7) is 11.9. The minimum atomic E-state index is -1.98. The van der Waals surface area contributed by atoms with E-state index in [0.29, 0.717) is 5.56 Å². The van der Waals surface area contributed by atoms with Crippen LogP contribution in [0.3, 0.4) is 0 Å². The predicted octanol–water partition coefficient (Wildman–Crippen LogP) is -1.82. The second-order valence-corrected chi connectivity index (χ2v) is 19.0. The van der Waals surface area contributed by atoms with Crippen LogP contribution in [0.15, 0.2) is 54.6 Å². The lowest BCUT2D eigenvalue weighted by Gasteiger charge is -2.29. The average Bonchev–Trinajstić information content (AvgIpc) is 3.30.